The minimum Gasteiger partial charge on any atom is -0.492 e. The second-order valence-corrected chi connectivity index (χ2v) is 2.98. The van der Waals surface area contributed by atoms with Crippen molar-refractivity contribution in [1.82, 2.24) is 15.0 Å². The lowest BCUT2D eigenvalue weighted by Crippen LogP contribution is -1.82. The average Bonchev–Trinajstić information content (AvgIpc) is 2.61. The normalized spacial score (nSPS) is 10.4. The molecule has 0 radical (unpaired) electrons. The Labute approximate surface area is 81.7 Å². The highest BCUT2D eigenvalue weighted by Crippen LogP contribution is 2.21. The zero-order valence-corrected chi connectivity index (χ0v) is 7.86. The van der Waals surface area contributed by atoms with Gasteiger partial charge in [-0.05, 0) is 18.6 Å². The summed E-state index contributed by atoms with van der Waals surface area (Å²) in [5.41, 5.74) is 1.63. The highest BCUT2D eigenvalue weighted by molar-refractivity contribution is 5.54. The third-order valence-electron chi connectivity index (χ3n) is 2.05. The van der Waals surface area contributed by atoms with Gasteiger partial charge in [0, 0.05) is 18.0 Å². The van der Waals surface area contributed by atoms with Gasteiger partial charge in [-0.15, -0.1) is 0 Å². The van der Waals surface area contributed by atoms with Crippen LogP contribution < -0.4 is 0 Å². The maximum atomic E-state index is 9.43. The van der Waals surface area contributed by atoms with E-state index < -0.39 is 0 Å². The third kappa shape index (κ3) is 1.46. The topological polar surface area (TPSA) is 61.8 Å². The van der Waals surface area contributed by atoms with Gasteiger partial charge in [0.2, 0.25) is 5.88 Å². The maximum absolute atomic E-state index is 9.43. The average molecular weight is 189 g/mol. The Kier molecular flexibility index (Phi) is 2.18. The monoisotopic (exact) mass is 189 g/mol. The van der Waals surface area contributed by atoms with Gasteiger partial charge in [-0.1, -0.05) is 6.92 Å². The van der Waals surface area contributed by atoms with Gasteiger partial charge in [0.15, 0.2) is 0 Å². The lowest BCUT2D eigenvalue weighted by atomic mass is 10.3. The summed E-state index contributed by atoms with van der Waals surface area (Å²) in [5, 5.41) is 9.43. The molecule has 0 aromatic carbocycles. The molecule has 4 heteroatoms. The number of pyridine rings is 1. The lowest BCUT2D eigenvalue weighted by molar-refractivity contribution is 0.450. The highest BCUT2D eigenvalue weighted by Gasteiger charge is 2.08. The predicted molar refractivity (Wildman–Crippen MR) is 52.9 cm³/mol. The van der Waals surface area contributed by atoms with Crippen molar-refractivity contribution >= 4 is 0 Å². The van der Waals surface area contributed by atoms with Gasteiger partial charge >= 0.3 is 0 Å². The standard InChI is InChI=1S/C10H11N3O/c1-2-8-10(14)13-9(12-8)7-4-3-5-11-6-7/h3-6,14H,2H2,1H3,(H,12,13). The summed E-state index contributed by atoms with van der Waals surface area (Å²) >= 11 is 0. The Morgan fingerprint density at radius 3 is 2.93 bits per heavy atom. The minimum atomic E-state index is 0.0753. The van der Waals surface area contributed by atoms with Gasteiger partial charge in [-0.25, -0.2) is 0 Å². The number of hydrogen-bond donors (Lipinski definition) is 2. The van der Waals surface area contributed by atoms with E-state index in [2.05, 4.69) is 15.0 Å². The molecule has 0 bridgehead atoms. The van der Waals surface area contributed by atoms with Crippen molar-refractivity contribution in [2.75, 3.05) is 0 Å². The fourth-order valence-corrected chi connectivity index (χ4v) is 1.29. The van der Waals surface area contributed by atoms with E-state index >= 15 is 0 Å². The summed E-state index contributed by atoms with van der Waals surface area (Å²) in [5.74, 6) is 0.735. The number of aromatic nitrogens is 3. The van der Waals surface area contributed by atoms with Crippen LogP contribution >= 0.6 is 0 Å². The van der Waals surface area contributed by atoms with Crippen molar-refractivity contribution < 1.29 is 5.11 Å². The molecule has 0 aliphatic heterocycles. The Balaban J connectivity index is 2.43. The van der Waals surface area contributed by atoms with E-state index in [-0.39, 0.29) is 5.88 Å². The van der Waals surface area contributed by atoms with Gasteiger partial charge in [-0.3, -0.25) is 4.98 Å². The quantitative estimate of drug-likeness (QED) is 0.756. The van der Waals surface area contributed by atoms with Crippen LogP contribution in [0.5, 0.6) is 5.88 Å². The van der Waals surface area contributed by atoms with E-state index in [0.717, 1.165) is 17.7 Å². The first-order valence-corrected chi connectivity index (χ1v) is 4.49. The first-order chi connectivity index (χ1) is 6.81. The zero-order chi connectivity index (χ0) is 9.97. The first kappa shape index (κ1) is 8.74. The molecular weight excluding hydrogens is 178 g/mol. The van der Waals surface area contributed by atoms with Crippen LogP contribution in [0.25, 0.3) is 11.4 Å². The number of H-pyrrole nitrogens is 1. The van der Waals surface area contributed by atoms with Gasteiger partial charge in [0.1, 0.15) is 5.82 Å². The molecule has 2 aromatic rings. The van der Waals surface area contributed by atoms with Crippen molar-refractivity contribution in [3.63, 3.8) is 0 Å². The van der Waals surface area contributed by atoms with Crippen LogP contribution in [-0.4, -0.2) is 20.1 Å². The number of aryl methyl sites for hydroxylation is 1. The maximum Gasteiger partial charge on any atom is 0.232 e. The van der Waals surface area contributed by atoms with Crippen LogP contribution in [0.1, 0.15) is 12.6 Å². The van der Waals surface area contributed by atoms with E-state index in [0.29, 0.717) is 5.82 Å². The Hall–Kier alpha value is -1.84. The number of aromatic amines is 1. The number of aromatic hydroxyl groups is 1. The molecule has 0 aliphatic carbocycles. The largest absolute Gasteiger partial charge is 0.492 e. The molecule has 0 fully saturated rings. The molecule has 2 heterocycles. The summed E-state index contributed by atoms with van der Waals surface area (Å²) in [4.78, 5) is 11.0. The van der Waals surface area contributed by atoms with Crippen molar-refractivity contribution in [1.29, 1.82) is 0 Å². The van der Waals surface area contributed by atoms with Crippen LogP contribution in [0.15, 0.2) is 24.5 Å². The van der Waals surface area contributed by atoms with Gasteiger partial charge < -0.3 is 10.1 Å². The van der Waals surface area contributed by atoms with Gasteiger partial charge in [-0.2, -0.15) is 4.98 Å². The van der Waals surface area contributed by atoms with E-state index in [1.54, 1.807) is 12.4 Å². The van der Waals surface area contributed by atoms with Gasteiger partial charge in [0.25, 0.3) is 0 Å². The SMILES string of the molecule is CCc1[nH]c(-c2cccnc2)nc1O. The molecular formula is C10H11N3O. The molecule has 2 rings (SSSR count). The summed E-state index contributed by atoms with van der Waals surface area (Å²) in [6.45, 7) is 1.96. The highest BCUT2D eigenvalue weighted by atomic mass is 16.3. The molecule has 0 unspecified atom stereocenters. The fraction of sp³-hybridized carbons (Fsp3) is 0.200. The number of nitrogens with zero attached hydrogens (tertiary/aromatic N) is 2. The predicted octanol–water partition coefficient (Wildman–Crippen LogP) is 1.74. The molecule has 4 nitrogen and oxygen atoms in total. The number of nitrogens with one attached hydrogen (secondary N) is 1. The van der Waals surface area contributed by atoms with Crippen molar-refractivity contribution in [3.05, 3.63) is 30.2 Å². The molecule has 72 valence electrons. The number of imidazole rings is 1. The molecule has 0 spiro atoms. The van der Waals surface area contributed by atoms with Gasteiger partial charge in [0.05, 0.1) is 5.69 Å². The van der Waals surface area contributed by atoms with Crippen molar-refractivity contribution in [3.8, 4) is 17.3 Å². The lowest BCUT2D eigenvalue weighted by Gasteiger charge is -1.93. The smallest absolute Gasteiger partial charge is 0.232 e. The number of hydrogen-bond acceptors (Lipinski definition) is 3. The minimum absolute atomic E-state index is 0.0753. The summed E-state index contributed by atoms with van der Waals surface area (Å²) in [6.07, 6.45) is 4.14. The van der Waals surface area contributed by atoms with Crippen LogP contribution in [-0.2, 0) is 6.42 Å². The fourth-order valence-electron chi connectivity index (χ4n) is 1.29. The molecule has 2 N–H and O–H groups in total. The molecule has 0 saturated heterocycles. The zero-order valence-electron chi connectivity index (χ0n) is 7.86. The first-order valence-electron chi connectivity index (χ1n) is 4.49. The van der Waals surface area contributed by atoms with Crippen LogP contribution in [0, 0.1) is 0 Å². The Morgan fingerprint density at radius 2 is 2.36 bits per heavy atom. The number of rotatable bonds is 2. The van der Waals surface area contributed by atoms with Crippen molar-refractivity contribution in [2.24, 2.45) is 0 Å². The van der Waals surface area contributed by atoms with Crippen LogP contribution in [0.4, 0.5) is 0 Å². The molecule has 0 saturated carbocycles. The van der Waals surface area contributed by atoms with E-state index in [1.807, 2.05) is 19.1 Å². The Bertz CT molecular complexity index is 422. The third-order valence-corrected chi connectivity index (χ3v) is 2.05. The molecule has 0 amide bonds. The summed E-state index contributed by atoms with van der Waals surface area (Å²) < 4.78 is 0. The van der Waals surface area contributed by atoms with Crippen LogP contribution in [0.2, 0.25) is 0 Å². The van der Waals surface area contributed by atoms with E-state index in [9.17, 15) is 5.11 Å². The van der Waals surface area contributed by atoms with E-state index in [4.69, 9.17) is 0 Å². The molecule has 2 aromatic heterocycles. The second-order valence-electron chi connectivity index (χ2n) is 2.98. The Morgan fingerprint density at radius 1 is 1.50 bits per heavy atom. The molecule has 0 atom stereocenters. The van der Waals surface area contributed by atoms with Crippen molar-refractivity contribution in [2.45, 2.75) is 13.3 Å². The molecule has 14 heavy (non-hydrogen) atoms. The van der Waals surface area contributed by atoms with Crippen LogP contribution in [0.3, 0.4) is 0 Å². The molecule has 0 aliphatic rings. The summed E-state index contributed by atoms with van der Waals surface area (Å²) in [6, 6.07) is 3.73. The summed E-state index contributed by atoms with van der Waals surface area (Å²) in [7, 11) is 0. The van der Waals surface area contributed by atoms with E-state index in [1.165, 1.54) is 0 Å². The second kappa shape index (κ2) is 3.49.